The molecule has 1 aliphatic heterocycles. The van der Waals surface area contributed by atoms with Gasteiger partial charge in [0, 0.05) is 17.8 Å². The summed E-state index contributed by atoms with van der Waals surface area (Å²) in [6, 6.07) is 0.944. The Hall–Kier alpha value is -1.29. The third-order valence-electron chi connectivity index (χ3n) is 4.03. The second-order valence-electron chi connectivity index (χ2n) is 5.20. The highest BCUT2D eigenvalue weighted by Gasteiger charge is 2.39. The number of carbonyl (C=O) groups excluding carboxylic acids is 1. The number of nitrogens with zero attached hydrogens (tertiary/aromatic N) is 1. The van der Waals surface area contributed by atoms with Gasteiger partial charge in [-0.1, -0.05) is 12.2 Å². The summed E-state index contributed by atoms with van der Waals surface area (Å²) < 4.78 is 0. The average Bonchev–Trinajstić information content (AvgIpc) is 2.66. The molecule has 1 saturated carbocycles. The standard InChI is InChI=1S/C13H19N3O/c14-9-5-7-10(8-6-9)16-12-4-2-1-3-11(12)15-13(16)17/h1-2,4,9-11H,3,5-8,14H2,(H,15,17). The van der Waals surface area contributed by atoms with Crippen LogP contribution < -0.4 is 11.1 Å². The predicted octanol–water partition coefficient (Wildman–Crippen LogP) is 1.49. The number of urea groups is 1. The van der Waals surface area contributed by atoms with E-state index in [1.54, 1.807) is 0 Å². The lowest BCUT2D eigenvalue weighted by atomic mass is 9.90. The van der Waals surface area contributed by atoms with E-state index in [1.165, 1.54) is 0 Å². The molecule has 0 radical (unpaired) electrons. The molecule has 0 aromatic carbocycles. The fourth-order valence-corrected chi connectivity index (χ4v) is 3.07. The van der Waals surface area contributed by atoms with Crippen LogP contribution in [0.15, 0.2) is 23.9 Å². The van der Waals surface area contributed by atoms with Gasteiger partial charge in [0.15, 0.2) is 0 Å². The zero-order valence-corrected chi connectivity index (χ0v) is 9.93. The Morgan fingerprint density at radius 1 is 1.29 bits per heavy atom. The molecule has 0 spiro atoms. The zero-order chi connectivity index (χ0) is 11.8. The first-order valence-corrected chi connectivity index (χ1v) is 6.48. The quantitative estimate of drug-likeness (QED) is 0.721. The molecular weight excluding hydrogens is 214 g/mol. The number of hydrogen-bond donors (Lipinski definition) is 2. The minimum absolute atomic E-state index is 0.0745. The van der Waals surface area contributed by atoms with Gasteiger partial charge in [-0.25, -0.2) is 4.79 Å². The molecule has 0 aromatic heterocycles. The lowest BCUT2D eigenvalue weighted by molar-refractivity contribution is 0.189. The number of fused-ring (bicyclic) bond motifs is 1. The first kappa shape index (κ1) is 10.8. The van der Waals surface area contributed by atoms with Crippen LogP contribution in [0.25, 0.3) is 0 Å². The number of nitrogens with one attached hydrogen (secondary N) is 1. The number of nitrogens with two attached hydrogens (primary N) is 1. The summed E-state index contributed by atoms with van der Waals surface area (Å²) in [5.74, 6) is 0. The number of rotatable bonds is 1. The summed E-state index contributed by atoms with van der Waals surface area (Å²) >= 11 is 0. The molecule has 92 valence electrons. The monoisotopic (exact) mass is 233 g/mol. The highest BCUT2D eigenvalue weighted by atomic mass is 16.2. The van der Waals surface area contributed by atoms with Crippen molar-refractivity contribution in [2.45, 2.75) is 50.2 Å². The van der Waals surface area contributed by atoms with Crippen molar-refractivity contribution < 1.29 is 4.79 Å². The number of allylic oxidation sites excluding steroid dienone is 2. The Balaban J connectivity index is 1.79. The molecule has 3 aliphatic rings. The largest absolute Gasteiger partial charge is 0.329 e. The van der Waals surface area contributed by atoms with E-state index in [1.807, 2.05) is 11.0 Å². The highest BCUT2D eigenvalue weighted by Crippen LogP contribution is 2.31. The first-order chi connectivity index (χ1) is 8.25. The minimum Gasteiger partial charge on any atom is -0.329 e. The zero-order valence-electron chi connectivity index (χ0n) is 9.93. The molecule has 2 fully saturated rings. The molecule has 17 heavy (non-hydrogen) atoms. The van der Waals surface area contributed by atoms with Gasteiger partial charge < -0.3 is 11.1 Å². The summed E-state index contributed by atoms with van der Waals surface area (Å²) in [5, 5.41) is 3.05. The Morgan fingerprint density at radius 3 is 2.82 bits per heavy atom. The van der Waals surface area contributed by atoms with Gasteiger partial charge in [-0.05, 0) is 38.2 Å². The van der Waals surface area contributed by atoms with E-state index in [-0.39, 0.29) is 12.1 Å². The molecule has 0 aromatic rings. The summed E-state index contributed by atoms with van der Waals surface area (Å²) in [6.07, 6.45) is 11.3. The molecule has 4 nitrogen and oxygen atoms in total. The fraction of sp³-hybridized carbons (Fsp3) is 0.615. The molecule has 1 heterocycles. The smallest absolute Gasteiger partial charge is 0.322 e. The van der Waals surface area contributed by atoms with Crippen LogP contribution in [0.2, 0.25) is 0 Å². The fourth-order valence-electron chi connectivity index (χ4n) is 3.07. The van der Waals surface area contributed by atoms with E-state index in [4.69, 9.17) is 5.73 Å². The van der Waals surface area contributed by atoms with Crippen molar-refractivity contribution in [1.29, 1.82) is 0 Å². The van der Waals surface area contributed by atoms with Crippen LogP contribution in [-0.4, -0.2) is 29.1 Å². The maximum atomic E-state index is 12.0. The Morgan fingerprint density at radius 2 is 2.06 bits per heavy atom. The van der Waals surface area contributed by atoms with E-state index in [9.17, 15) is 4.79 Å². The van der Waals surface area contributed by atoms with Crippen LogP contribution in [0.1, 0.15) is 32.1 Å². The lowest BCUT2D eigenvalue weighted by Crippen LogP contribution is -2.41. The SMILES string of the molecule is NC1CCC(N2C(=O)NC3CC=CC=C32)CC1. The second kappa shape index (κ2) is 4.18. The summed E-state index contributed by atoms with van der Waals surface area (Å²) in [7, 11) is 0. The molecule has 1 saturated heterocycles. The van der Waals surface area contributed by atoms with Crippen molar-refractivity contribution >= 4 is 6.03 Å². The molecule has 1 unspecified atom stereocenters. The van der Waals surface area contributed by atoms with Crippen molar-refractivity contribution in [1.82, 2.24) is 10.2 Å². The van der Waals surface area contributed by atoms with Crippen molar-refractivity contribution in [3.63, 3.8) is 0 Å². The summed E-state index contributed by atoms with van der Waals surface area (Å²) in [6.45, 7) is 0. The van der Waals surface area contributed by atoms with Crippen LogP contribution in [-0.2, 0) is 0 Å². The normalized spacial score (nSPS) is 36.5. The number of hydrogen-bond acceptors (Lipinski definition) is 2. The second-order valence-corrected chi connectivity index (χ2v) is 5.20. The van der Waals surface area contributed by atoms with Crippen LogP contribution in [0.5, 0.6) is 0 Å². The van der Waals surface area contributed by atoms with Crippen molar-refractivity contribution in [2.75, 3.05) is 0 Å². The third-order valence-corrected chi connectivity index (χ3v) is 4.03. The maximum absolute atomic E-state index is 12.0. The van der Waals surface area contributed by atoms with Gasteiger partial charge >= 0.3 is 6.03 Å². The van der Waals surface area contributed by atoms with E-state index in [0.29, 0.717) is 12.1 Å². The molecular formula is C13H19N3O. The van der Waals surface area contributed by atoms with Crippen LogP contribution in [0, 0.1) is 0 Å². The minimum atomic E-state index is 0.0745. The average molecular weight is 233 g/mol. The maximum Gasteiger partial charge on any atom is 0.322 e. The first-order valence-electron chi connectivity index (χ1n) is 6.48. The van der Waals surface area contributed by atoms with Gasteiger partial charge in [-0.15, -0.1) is 0 Å². The van der Waals surface area contributed by atoms with Gasteiger partial charge in [0.1, 0.15) is 0 Å². The Kier molecular flexibility index (Phi) is 2.67. The number of carbonyl (C=O) groups is 1. The highest BCUT2D eigenvalue weighted by molar-refractivity contribution is 5.81. The van der Waals surface area contributed by atoms with Crippen LogP contribution in [0.3, 0.4) is 0 Å². The third kappa shape index (κ3) is 1.86. The van der Waals surface area contributed by atoms with Crippen LogP contribution in [0.4, 0.5) is 4.79 Å². The van der Waals surface area contributed by atoms with Crippen molar-refractivity contribution in [3.8, 4) is 0 Å². The predicted molar refractivity (Wildman–Crippen MR) is 66.2 cm³/mol. The van der Waals surface area contributed by atoms with Crippen molar-refractivity contribution in [2.24, 2.45) is 5.73 Å². The van der Waals surface area contributed by atoms with Gasteiger partial charge in [0.25, 0.3) is 0 Å². The number of amides is 2. The topological polar surface area (TPSA) is 58.4 Å². The molecule has 4 heteroatoms. The summed E-state index contributed by atoms with van der Waals surface area (Å²) in [4.78, 5) is 14.0. The molecule has 0 bridgehead atoms. The van der Waals surface area contributed by atoms with Gasteiger partial charge in [-0.2, -0.15) is 0 Å². The molecule has 3 N–H and O–H groups in total. The van der Waals surface area contributed by atoms with Gasteiger partial charge in [0.05, 0.1) is 6.04 Å². The summed E-state index contributed by atoms with van der Waals surface area (Å²) in [5.41, 5.74) is 7.07. The Bertz CT molecular complexity index is 380. The van der Waals surface area contributed by atoms with E-state index in [0.717, 1.165) is 37.8 Å². The van der Waals surface area contributed by atoms with E-state index >= 15 is 0 Å². The molecule has 2 amide bonds. The van der Waals surface area contributed by atoms with E-state index < -0.39 is 0 Å². The van der Waals surface area contributed by atoms with Crippen LogP contribution >= 0.6 is 0 Å². The van der Waals surface area contributed by atoms with Gasteiger partial charge in [-0.3, -0.25) is 4.90 Å². The molecule has 1 atom stereocenters. The van der Waals surface area contributed by atoms with E-state index in [2.05, 4.69) is 17.5 Å². The van der Waals surface area contributed by atoms with Gasteiger partial charge in [0.2, 0.25) is 0 Å². The lowest BCUT2D eigenvalue weighted by Gasteiger charge is -2.34. The van der Waals surface area contributed by atoms with Crippen molar-refractivity contribution in [3.05, 3.63) is 23.9 Å². The molecule has 2 aliphatic carbocycles. The Labute approximate surface area is 102 Å². The molecule has 3 rings (SSSR count).